The van der Waals surface area contributed by atoms with E-state index >= 15 is 0 Å². The lowest BCUT2D eigenvalue weighted by Gasteiger charge is -2.14. The van der Waals surface area contributed by atoms with Gasteiger partial charge in [0.05, 0.1) is 5.69 Å². The monoisotopic (exact) mass is 209 g/mol. The van der Waals surface area contributed by atoms with Crippen molar-refractivity contribution < 1.29 is 0 Å². The van der Waals surface area contributed by atoms with Crippen molar-refractivity contribution in [3.63, 3.8) is 0 Å². The zero-order valence-corrected chi connectivity index (χ0v) is 10.5. The summed E-state index contributed by atoms with van der Waals surface area (Å²) in [6.07, 6.45) is 2.17. The molecule has 0 aliphatic carbocycles. The minimum atomic E-state index is 0.289. The van der Waals surface area contributed by atoms with Gasteiger partial charge in [0.15, 0.2) is 0 Å². The molecule has 0 amide bonds. The van der Waals surface area contributed by atoms with Gasteiger partial charge in [-0.05, 0) is 45.1 Å². The van der Waals surface area contributed by atoms with Crippen LogP contribution >= 0.6 is 0 Å². The van der Waals surface area contributed by atoms with Crippen molar-refractivity contribution in [3.8, 4) is 0 Å². The van der Waals surface area contributed by atoms with E-state index in [0.717, 1.165) is 18.5 Å². The van der Waals surface area contributed by atoms with E-state index in [-0.39, 0.29) is 6.04 Å². The van der Waals surface area contributed by atoms with Gasteiger partial charge in [0.2, 0.25) is 0 Å². The first-order valence-corrected chi connectivity index (χ1v) is 5.66. The lowest BCUT2D eigenvalue weighted by molar-refractivity contribution is 0.478. The van der Waals surface area contributed by atoms with Crippen LogP contribution in [0.4, 0.5) is 0 Å². The first-order chi connectivity index (χ1) is 6.91. The molecule has 0 radical (unpaired) electrons. The predicted octanol–water partition coefficient (Wildman–Crippen LogP) is 1.95. The lowest BCUT2D eigenvalue weighted by atomic mass is 9.94. The number of rotatable bonds is 4. The summed E-state index contributed by atoms with van der Waals surface area (Å²) in [7, 11) is 2.00. The van der Waals surface area contributed by atoms with Crippen LogP contribution in [0.3, 0.4) is 0 Å². The highest BCUT2D eigenvalue weighted by molar-refractivity contribution is 5.24. The second kappa shape index (κ2) is 4.79. The molecule has 3 heteroatoms. The fraction of sp³-hybridized carbons (Fsp3) is 0.750. The van der Waals surface area contributed by atoms with Gasteiger partial charge in [-0.1, -0.05) is 6.92 Å². The van der Waals surface area contributed by atoms with E-state index in [4.69, 9.17) is 5.73 Å². The van der Waals surface area contributed by atoms with Crippen molar-refractivity contribution in [2.45, 2.75) is 46.6 Å². The van der Waals surface area contributed by atoms with Crippen LogP contribution in [0.25, 0.3) is 0 Å². The van der Waals surface area contributed by atoms with E-state index in [0.29, 0.717) is 5.92 Å². The Labute approximate surface area is 92.7 Å². The molecule has 15 heavy (non-hydrogen) atoms. The zero-order valence-electron chi connectivity index (χ0n) is 10.5. The highest BCUT2D eigenvalue weighted by atomic mass is 15.3. The molecule has 1 aromatic heterocycles. The molecule has 0 fully saturated rings. The molecular weight excluding hydrogens is 186 g/mol. The van der Waals surface area contributed by atoms with Gasteiger partial charge in [-0.2, -0.15) is 5.10 Å². The number of hydrogen-bond acceptors (Lipinski definition) is 2. The minimum Gasteiger partial charge on any atom is -0.328 e. The molecule has 2 N–H and O–H groups in total. The number of nitrogens with zero attached hydrogens (tertiary/aromatic N) is 2. The SMILES string of the molecule is Cc1nn(C)c(C)c1CC(C)CC(C)N. The molecule has 86 valence electrons. The molecule has 1 rings (SSSR count). The zero-order chi connectivity index (χ0) is 11.6. The number of aromatic nitrogens is 2. The van der Waals surface area contributed by atoms with Gasteiger partial charge in [0.25, 0.3) is 0 Å². The normalized spacial score (nSPS) is 15.3. The summed E-state index contributed by atoms with van der Waals surface area (Å²) < 4.78 is 1.96. The Balaban J connectivity index is 2.71. The highest BCUT2D eigenvalue weighted by Crippen LogP contribution is 2.19. The molecule has 0 saturated heterocycles. The van der Waals surface area contributed by atoms with Crippen LogP contribution in [0.5, 0.6) is 0 Å². The highest BCUT2D eigenvalue weighted by Gasteiger charge is 2.13. The van der Waals surface area contributed by atoms with Crippen molar-refractivity contribution in [1.82, 2.24) is 9.78 Å². The van der Waals surface area contributed by atoms with E-state index in [9.17, 15) is 0 Å². The van der Waals surface area contributed by atoms with Gasteiger partial charge in [-0.15, -0.1) is 0 Å². The van der Waals surface area contributed by atoms with Gasteiger partial charge >= 0.3 is 0 Å². The van der Waals surface area contributed by atoms with Crippen molar-refractivity contribution in [2.24, 2.45) is 18.7 Å². The first kappa shape index (κ1) is 12.2. The van der Waals surface area contributed by atoms with Crippen molar-refractivity contribution in [1.29, 1.82) is 0 Å². The standard InChI is InChI=1S/C12H23N3/c1-8(6-9(2)13)7-12-10(3)14-15(5)11(12)4/h8-9H,6-7,13H2,1-5H3. The Morgan fingerprint density at radius 3 is 2.33 bits per heavy atom. The summed E-state index contributed by atoms with van der Waals surface area (Å²) >= 11 is 0. The van der Waals surface area contributed by atoms with Gasteiger partial charge < -0.3 is 5.73 Å². The molecule has 0 aliphatic heterocycles. The van der Waals surface area contributed by atoms with Crippen LogP contribution in [-0.4, -0.2) is 15.8 Å². The fourth-order valence-electron chi connectivity index (χ4n) is 2.18. The van der Waals surface area contributed by atoms with Crippen molar-refractivity contribution in [2.75, 3.05) is 0 Å². The third kappa shape index (κ3) is 3.06. The van der Waals surface area contributed by atoms with E-state index in [1.807, 2.05) is 11.7 Å². The molecule has 0 bridgehead atoms. The molecule has 0 saturated carbocycles. The molecule has 1 aromatic rings. The van der Waals surface area contributed by atoms with E-state index in [1.54, 1.807) is 0 Å². The second-order valence-electron chi connectivity index (χ2n) is 4.80. The third-order valence-corrected chi connectivity index (χ3v) is 2.99. The summed E-state index contributed by atoms with van der Waals surface area (Å²) in [5.41, 5.74) is 9.64. The number of nitrogens with two attached hydrogens (primary N) is 1. The molecule has 0 aliphatic rings. The quantitative estimate of drug-likeness (QED) is 0.823. The van der Waals surface area contributed by atoms with Gasteiger partial charge in [-0.25, -0.2) is 0 Å². The summed E-state index contributed by atoms with van der Waals surface area (Å²) in [4.78, 5) is 0. The first-order valence-electron chi connectivity index (χ1n) is 5.66. The summed E-state index contributed by atoms with van der Waals surface area (Å²) in [5, 5.41) is 4.43. The minimum absolute atomic E-state index is 0.289. The molecule has 0 spiro atoms. The smallest absolute Gasteiger partial charge is 0.0628 e. The molecule has 2 unspecified atom stereocenters. The number of aryl methyl sites for hydroxylation is 2. The molecule has 3 nitrogen and oxygen atoms in total. The van der Waals surface area contributed by atoms with Crippen LogP contribution in [0.1, 0.15) is 37.2 Å². The predicted molar refractivity (Wildman–Crippen MR) is 63.8 cm³/mol. The molecule has 2 atom stereocenters. The second-order valence-corrected chi connectivity index (χ2v) is 4.80. The lowest BCUT2D eigenvalue weighted by Crippen LogP contribution is -2.19. The Kier molecular flexibility index (Phi) is 3.91. The number of hydrogen-bond donors (Lipinski definition) is 1. The van der Waals surface area contributed by atoms with Gasteiger partial charge in [0.1, 0.15) is 0 Å². The Hall–Kier alpha value is -0.830. The van der Waals surface area contributed by atoms with Crippen molar-refractivity contribution >= 4 is 0 Å². The van der Waals surface area contributed by atoms with Crippen LogP contribution in [0.15, 0.2) is 0 Å². The Bertz CT molecular complexity index is 326. The summed E-state index contributed by atoms with van der Waals surface area (Å²) in [5.74, 6) is 0.631. The summed E-state index contributed by atoms with van der Waals surface area (Å²) in [6, 6.07) is 0.289. The Morgan fingerprint density at radius 2 is 1.93 bits per heavy atom. The third-order valence-electron chi connectivity index (χ3n) is 2.99. The fourth-order valence-corrected chi connectivity index (χ4v) is 2.18. The van der Waals surface area contributed by atoms with Crippen LogP contribution in [0.2, 0.25) is 0 Å². The summed E-state index contributed by atoms with van der Waals surface area (Å²) in [6.45, 7) is 8.55. The maximum absolute atomic E-state index is 5.81. The topological polar surface area (TPSA) is 43.8 Å². The van der Waals surface area contributed by atoms with Crippen LogP contribution in [0, 0.1) is 19.8 Å². The van der Waals surface area contributed by atoms with Crippen molar-refractivity contribution in [3.05, 3.63) is 17.0 Å². The Morgan fingerprint density at radius 1 is 1.33 bits per heavy atom. The largest absolute Gasteiger partial charge is 0.328 e. The molecule has 0 aromatic carbocycles. The van der Waals surface area contributed by atoms with Crippen LogP contribution < -0.4 is 5.73 Å². The average molecular weight is 209 g/mol. The molecule has 1 heterocycles. The maximum Gasteiger partial charge on any atom is 0.0628 e. The van der Waals surface area contributed by atoms with E-state index in [1.165, 1.54) is 11.3 Å². The molecular formula is C12H23N3. The van der Waals surface area contributed by atoms with E-state index < -0.39 is 0 Å². The van der Waals surface area contributed by atoms with E-state index in [2.05, 4.69) is 32.8 Å². The van der Waals surface area contributed by atoms with Gasteiger partial charge in [-0.3, -0.25) is 4.68 Å². The van der Waals surface area contributed by atoms with Gasteiger partial charge in [0, 0.05) is 18.8 Å². The maximum atomic E-state index is 5.81. The van der Waals surface area contributed by atoms with Crippen LogP contribution in [-0.2, 0) is 13.5 Å². The average Bonchev–Trinajstić information content (AvgIpc) is 2.31.